The van der Waals surface area contributed by atoms with E-state index in [1.54, 1.807) is 23.1 Å². The maximum absolute atomic E-state index is 12.3. The van der Waals surface area contributed by atoms with Crippen molar-refractivity contribution in [3.8, 4) is 5.75 Å². The number of hydrogen-bond donors (Lipinski definition) is 1. The highest BCUT2D eigenvalue weighted by atomic mass is 35.5. The van der Waals surface area contributed by atoms with Crippen molar-refractivity contribution in [2.24, 2.45) is 0 Å². The number of halogens is 1. The fourth-order valence-electron chi connectivity index (χ4n) is 2.75. The van der Waals surface area contributed by atoms with E-state index in [1.165, 1.54) is 14.0 Å². The molecule has 0 bridgehead atoms. The van der Waals surface area contributed by atoms with Gasteiger partial charge in [-0.2, -0.15) is 0 Å². The maximum atomic E-state index is 12.3. The molecule has 0 fully saturated rings. The number of nitrogens with one attached hydrogen (secondary N) is 1. The number of carbonyl (C=O) groups excluding carboxylic acids is 2. The van der Waals surface area contributed by atoms with Gasteiger partial charge in [0.2, 0.25) is 11.8 Å². The lowest BCUT2D eigenvalue weighted by Crippen LogP contribution is -2.34. The van der Waals surface area contributed by atoms with E-state index in [1.807, 2.05) is 37.3 Å². The number of anilines is 1. The van der Waals surface area contributed by atoms with Crippen LogP contribution in [-0.4, -0.2) is 30.4 Å². The Morgan fingerprint density at radius 3 is 2.50 bits per heavy atom. The summed E-state index contributed by atoms with van der Waals surface area (Å²) < 4.78 is 5.22. The molecular formula is C20H23ClN2O3. The van der Waals surface area contributed by atoms with Gasteiger partial charge in [-0.15, -0.1) is 0 Å². The van der Waals surface area contributed by atoms with Gasteiger partial charge >= 0.3 is 0 Å². The number of nitrogens with zero attached hydrogens (tertiary/aromatic N) is 1. The molecule has 0 heterocycles. The molecule has 2 aromatic rings. The van der Waals surface area contributed by atoms with E-state index in [2.05, 4.69) is 5.32 Å². The van der Waals surface area contributed by atoms with Crippen LogP contribution in [0.25, 0.3) is 0 Å². The monoisotopic (exact) mass is 374 g/mol. The van der Waals surface area contributed by atoms with E-state index in [9.17, 15) is 9.59 Å². The highest BCUT2D eigenvalue weighted by molar-refractivity contribution is 6.31. The number of carbonyl (C=O) groups is 2. The molecular weight excluding hydrogens is 352 g/mol. The van der Waals surface area contributed by atoms with Gasteiger partial charge in [0, 0.05) is 24.9 Å². The fourth-order valence-corrected chi connectivity index (χ4v) is 2.92. The lowest BCUT2D eigenvalue weighted by molar-refractivity contribution is -0.131. The van der Waals surface area contributed by atoms with Crippen LogP contribution in [0.15, 0.2) is 48.5 Å². The number of benzene rings is 2. The first-order valence-corrected chi connectivity index (χ1v) is 8.75. The summed E-state index contributed by atoms with van der Waals surface area (Å²) in [6.07, 6.45) is 0.173. The predicted octanol–water partition coefficient (Wildman–Crippen LogP) is 4.29. The first-order chi connectivity index (χ1) is 12.4. The van der Waals surface area contributed by atoms with Crippen molar-refractivity contribution in [2.75, 3.05) is 19.0 Å². The van der Waals surface area contributed by atoms with Gasteiger partial charge in [0.1, 0.15) is 5.75 Å². The second-order valence-electron chi connectivity index (χ2n) is 5.94. The SMILES string of the molecule is COc1ccc(Cl)cc1NC(=O)CCN(C(C)=O)C(C)c1ccccc1. The molecule has 0 saturated heterocycles. The Hall–Kier alpha value is -2.53. The minimum atomic E-state index is -0.211. The van der Waals surface area contributed by atoms with Crippen LogP contribution in [0.3, 0.4) is 0 Å². The van der Waals surface area contributed by atoms with Gasteiger partial charge in [-0.25, -0.2) is 0 Å². The molecule has 6 heteroatoms. The number of methoxy groups -OCH3 is 1. The van der Waals surface area contributed by atoms with E-state index in [-0.39, 0.29) is 24.3 Å². The summed E-state index contributed by atoms with van der Waals surface area (Å²) in [5, 5.41) is 3.29. The normalized spacial score (nSPS) is 11.5. The second kappa shape index (κ2) is 9.25. The van der Waals surface area contributed by atoms with Crippen LogP contribution in [0.5, 0.6) is 5.75 Å². The van der Waals surface area contributed by atoms with E-state index < -0.39 is 0 Å². The third-order valence-corrected chi connectivity index (χ3v) is 4.40. The number of amides is 2. The van der Waals surface area contributed by atoms with Crippen LogP contribution >= 0.6 is 11.6 Å². The zero-order valence-corrected chi connectivity index (χ0v) is 15.9. The van der Waals surface area contributed by atoms with Gasteiger partial charge < -0.3 is 15.0 Å². The van der Waals surface area contributed by atoms with Crippen LogP contribution in [0, 0.1) is 0 Å². The molecule has 0 aliphatic rings. The summed E-state index contributed by atoms with van der Waals surface area (Å²) in [7, 11) is 1.53. The Bertz CT molecular complexity index is 765. The predicted molar refractivity (Wildman–Crippen MR) is 103 cm³/mol. The summed E-state index contributed by atoms with van der Waals surface area (Å²) in [5.41, 5.74) is 1.54. The van der Waals surface area contributed by atoms with Gasteiger partial charge in [-0.3, -0.25) is 9.59 Å². The third-order valence-electron chi connectivity index (χ3n) is 4.17. The quantitative estimate of drug-likeness (QED) is 0.786. The molecule has 0 spiro atoms. The summed E-state index contributed by atoms with van der Waals surface area (Å²) in [6, 6.07) is 14.6. The fraction of sp³-hybridized carbons (Fsp3) is 0.300. The molecule has 138 valence electrons. The lowest BCUT2D eigenvalue weighted by Gasteiger charge is -2.28. The highest BCUT2D eigenvalue weighted by Gasteiger charge is 2.19. The van der Waals surface area contributed by atoms with Crippen molar-refractivity contribution in [1.29, 1.82) is 0 Å². The van der Waals surface area contributed by atoms with Crippen LogP contribution in [-0.2, 0) is 9.59 Å². The van der Waals surface area contributed by atoms with Crippen molar-refractivity contribution in [3.05, 3.63) is 59.1 Å². The van der Waals surface area contributed by atoms with Crippen LogP contribution in [0.2, 0.25) is 5.02 Å². The Balaban J connectivity index is 2.02. The topological polar surface area (TPSA) is 58.6 Å². The highest BCUT2D eigenvalue weighted by Crippen LogP contribution is 2.28. The maximum Gasteiger partial charge on any atom is 0.226 e. The Morgan fingerprint density at radius 1 is 1.19 bits per heavy atom. The first kappa shape index (κ1) is 19.8. The molecule has 1 atom stereocenters. The van der Waals surface area contributed by atoms with Gasteiger partial charge in [0.15, 0.2) is 0 Å². The molecule has 0 saturated carbocycles. The molecule has 2 rings (SSSR count). The Kier molecular flexibility index (Phi) is 7.04. The molecule has 0 aromatic heterocycles. The molecule has 5 nitrogen and oxygen atoms in total. The van der Waals surface area contributed by atoms with Gasteiger partial charge in [0.05, 0.1) is 18.8 Å². The van der Waals surface area contributed by atoms with E-state index in [4.69, 9.17) is 16.3 Å². The van der Waals surface area contributed by atoms with E-state index in [0.717, 1.165) is 5.56 Å². The van der Waals surface area contributed by atoms with Crippen molar-refractivity contribution < 1.29 is 14.3 Å². The van der Waals surface area contributed by atoms with Gasteiger partial charge in [0.25, 0.3) is 0 Å². The lowest BCUT2D eigenvalue weighted by atomic mass is 10.1. The Morgan fingerprint density at radius 2 is 1.88 bits per heavy atom. The smallest absolute Gasteiger partial charge is 0.226 e. The standard InChI is InChI=1S/C20H23ClN2O3/c1-14(16-7-5-4-6-8-16)23(15(2)24)12-11-20(25)22-18-13-17(21)9-10-19(18)26-3/h4-10,13-14H,11-12H2,1-3H3,(H,22,25). The van der Waals surface area contributed by atoms with Gasteiger partial charge in [-0.05, 0) is 30.7 Å². The first-order valence-electron chi connectivity index (χ1n) is 8.38. The molecule has 2 aromatic carbocycles. The van der Waals surface area contributed by atoms with E-state index in [0.29, 0.717) is 23.0 Å². The van der Waals surface area contributed by atoms with Crippen molar-refractivity contribution in [2.45, 2.75) is 26.3 Å². The second-order valence-corrected chi connectivity index (χ2v) is 6.38. The zero-order valence-electron chi connectivity index (χ0n) is 15.2. The molecule has 0 aliphatic heterocycles. The largest absolute Gasteiger partial charge is 0.495 e. The summed E-state index contributed by atoms with van der Waals surface area (Å²) >= 11 is 5.98. The summed E-state index contributed by atoms with van der Waals surface area (Å²) in [6.45, 7) is 3.78. The van der Waals surface area contributed by atoms with E-state index >= 15 is 0 Å². The number of rotatable bonds is 7. The molecule has 2 amide bonds. The van der Waals surface area contributed by atoms with Gasteiger partial charge in [-0.1, -0.05) is 41.9 Å². The van der Waals surface area contributed by atoms with Crippen LogP contribution in [0.4, 0.5) is 5.69 Å². The molecule has 26 heavy (non-hydrogen) atoms. The number of ether oxygens (including phenoxy) is 1. The average molecular weight is 375 g/mol. The number of hydrogen-bond acceptors (Lipinski definition) is 3. The van der Waals surface area contributed by atoms with Crippen molar-refractivity contribution >= 4 is 29.1 Å². The Labute approximate surface area is 158 Å². The van der Waals surface area contributed by atoms with Crippen molar-refractivity contribution in [3.63, 3.8) is 0 Å². The minimum Gasteiger partial charge on any atom is -0.495 e. The van der Waals surface area contributed by atoms with Crippen LogP contribution < -0.4 is 10.1 Å². The summed E-state index contributed by atoms with van der Waals surface area (Å²) in [4.78, 5) is 26.0. The van der Waals surface area contributed by atoms with Crippen LogP contribution in [0.1, 0.15) is 31.9 Å². The minimum absolute atomic E-state index is 0.0745. The molecule has 1 N–H and O–H groups in total. The molecule has 1 unspecified atom stereocenters. The average Bonchev–Trinajstić information content (AvgIpc) is 2.62. The molecule has 0 aliphatic carbocycles. The third kappa shape index (κ3) is 5.23. The summed E-state index contributed by atoms with van der Waals surface area (Å²) in [5.74, 6) is 0.246. The molecule has 0 radical (unpaired) electrons. The zero-order chi connectivity index (χ0) is 19.1. The van der Waals surface area contributed by atoms with Crippen molar-refractivity contribution in [1.82, 2.24) is 4.90 Å².